The average Bonchev–Trinajstić information content (AvgIpc) is 2.96. The van der Waals surface area contributed by atoms with Crippen LogP contribution in [0.15, 0.2) is 6.07 Å². The first-order chi connectivity index (χ1) is 8.67. The summed E-state index contributed by atoms with van der Waals surface area (Å²) >= 11 is 0. The lowest BCUT2D eigenvalue weighted by atomic mass is 9.89. The standard InChI is InChI=1S/C15H27N3/c1-4-13-10-14(18(5-2)17-13)11-16-12-15(3)8-6-7-9-15/h10,16H,4-9,11-12H2,1-3H3. The van der Waals surface area contributed by atoms with Crippen LogP contribution in [0.1, 0.15) is 57.8 Å². The molecule has 1 heterocycles. The predicted octanol–water partition coefficient (Wildman–Crippen LogP) is 3.14. The van der Waals surface area contributed by atoms with Gasteiger partial charge in [-0.15, -0.1) is 0 Å². The van der Waals surface area contributed by atoms with E-state index in [2.05, 4.69) is 41.9 Å². The third-order valence-electron chi connectivity index (χ3n) is 4.24. The molecule has 1 aliphatic carbocycles. The van der Waals surface area contributed by atoms with Crippen LogP contribution in [0, 0.1) is 5.41 Å². The van der Waals surface area contributed by atoms with Crippen molar-refractivity contribution in [2.24, 2.45) is 5.41 Å². The molecule has 18 heavy (non-hydrogen) atoms. The van der Waals surface area contributed by atoms with Crippen molar-refractivity contribution in [3.05, 3.63) is 17.5 Å². The van der Waals surface area contributed by atoms with E-state index in [1.54, 1.807) is 0 Å². The van der Waals surface area contributed by atoms with Crippen LogP contribution in [0.3, 0.4) is 0 Å². The van der Waals surface area contributed by atoms with Gasteiger partial charge in [0.05, 0.1) is 11.4 Å². The molecular formula is C15H27N3. The predicted molar refractivity (Wildman–Crippen MR) is 75.6 cm³/mol. The van der Waals surface area contributed by atoms with Crippen molar-refractivity contribution in [1.29, 1.82) is 0 Å². The minimum absolute atomic E-state index is 0.532. The van der Waals surface area contributed by atoms with Crippen molar-refractivity contribution in [3.63, 3.8) is 0 Å². The summed E-state index contributed by atoms with van der Waals surface area (Å²) in [6.07, 6.45) is 6.61. The highest BCUT2D eigenvalue weighted by Crippen LogP contribution is 2.36. The van der Waals surface area contributed by atoms with Crippen molar-refractivity contribution in [1.82, 2.24) is 15.1 Å². The van der Waals surface area contributed by atoms with E-state index in [0.717, 1.165) is 26.1 Å². The van der Waals surface area contributed by atoms with Gasteiger partial charge in [-0.1, -0.05) is 26.7 Å². The van der Waals surface area contributed by atoms with Gasteiger partial charge in [0.25, 0.3) is 0 Å². The highest BCUT2D eigenvalue weighted by molar-refractivity contribution is 5.10. The average molecular weight is 249 g/mol. The minimum Gasteiger partial charge on any atom is -0.311 e. The summed E-state index contributed by atoms with van der Waals surface area (Å²) in [7, 11) is 0. The fourth-order valence-corrected chi connectivity index (χ4v) is 3.00. The SMILES string of the molecule is CCc1cc(CNCC2(C)CCCC2)n(CC)n1. The molecule has 3 heteroatoms. The van der Waals surface area contributed by atoms with Crippen molar-refractivity contribution >= 4 is 0 Å². The quantitative estimate of drug-likeness (QED) is 0.839. The van der Waals surface area contributed by atoms with Crippen molar-refractivity contribution in [2.45, 2.75) is 66.0 Å². The lowest BCUT2D eigenvalue weighted by molar-refractivity contribution is 0.313. The number of rotatable bonds is 6. The zero-order valence-electron chi connectivity index (χ0n) is 12.1. The summed E-state index contributed by atoms with van der Waals surface area (Å²) in [6, 6.07) is 2.24. The van der Waals surface area contributed by atoms with Gasteiger partial charge in [-0.25, -0.2) is 0 Å². The lowest BCUT2D eigenvalue weighted by Crippen LogP contribution is -2.29. The van der Waals surface area contributed by atoms with E-state index in [-0.39, 0.29) is 0 Å². The Kier molecular flexibility index (Phi) is 4.44. The van der Waals surface area contributed by atoms with Crippen LogP contribution in [-0.2, 0) is 19.5 Å². The van der Waals surface area contributed by atoms with Gasteiger partial charge in [0, 0.05) is 19.6 Å². The normalized spacial score (nSPS) is 18.4. The van der Waals surface area contributed by atoms with E-state index < -0.39 is 0 Å². The summed E-state index contributed by atoms with van der Waals surface area (Å²) in [6.45, 7) is 9.81. The summed E-state index contributed by atoms with van der Waals surface area (Å²) in [5, 5.41) is 8.23. The second-order valence-corrected chi connectivity index (χ2v) is 5.92. The first-order valence-electron chi connectivity index (χ1n) is 7.43. The van der Waals surface area contributed by atoms with Gasteiger partial charge in [-0.2, -0.15) is 5.10 Å². The van der Waals surface area contributed by atoms with E-state index in [1.165, 1.54) is 37.1 Å². The summed E-state index contributed by atoms with van der Waals surface area (Å²) in [5.41, 5.74) is 3.07. The van der Waals surface area contributed by atoms with Crippen molar-refractivity contribution in [3.8, 4) is 0 Å². The topological polar surface area (TPSA) is 29.9 Å². The Hall–Kier alpha value is -0.830. The number of nitrogens with zero attached hydrogens (tertiary/aromatic N) is 2. The van der Waals surface area contributed by atoms with Crippen LogP contribution in [-0.4, -0.2) is 16.3 Å². The minimum atomic E-state index is 0.532. The monoisotopic (exact) mass is 249 g/mol. The van der Waals surface area contributed by atoms with Crippen LogP contribution in [0.25, 0.3) is 0 Å². The number of hydrogen-bond acceptors (Lipinski definition) is 2. The number of hydrogen-bond donors (Lipinski definition) is 1. The van der Waals surface area contributed by atoms with E-state index >= 15 is 0 Å². The van der Waals surface area contributed by atoms with Crippen LogP contribution in [0.5, 0.6) is 0 Å². The summed E-state index contributed by atoms with van der Waals surface area (Å²) in [4.78, 5) is 0. The Labute approximate surface area is 111 Å². The molecule has 0 radical (unpaired) electrons. The molecule has 0 spiro atoms. The Bertz CT molecular complexity index is 375. The van der Waals surface area contributed by atoms with Gasteiger partial charge in [0.2, 0.25) is 0 Å². The molecule has 3 nitrogen and oxygen atoms in total. The zero-order chi connectivity index (χ0) is 13.0. The van der Waals surface area contributed by atoms with Gasteiger partial charge in [0.15, 0.2) is 0 Å². The van der Waals surface area contributed by atoms with Gasteiger partial charge in [0.1, 0.15) is 0 Å². The summed E-state index contributed by atoms with van der Waals surface area (Å²) < 4.78 is 2.13. The molecule has 1 saturated carbocycles. The molecule has 1 aromatic rings. The molecule has 2 rings (SSSR count). The Morgan fingerprint density at radius 1 is 1.33 bits per heavy atom. The number of aryl methyl sites for hydroxylation is 2. The summed E-state index contributed by atoms with van der Waals surface area (Å²) in [5.74, 6) is 0. The molecular weight excluding hydrogens is 222 g/mol. The van der Waals surface area contributed by atoms with E-state index in [4.69, 9.17) is 0 Å². The van der Waals surface area contributed by atoms with Crippen LogP contribution < -0.4 is 5.32 Å². The highest BCUT2D eigenvalue weighted by atomic mass is 15.3. The van der Waals surface area contributed by atoms with Gasteiger partial charge in [-0.3, -0.25) is 4.68 Å². The molecule has 0 amide bonds. The van der Waals surface area contributed by atoms with Crippen LogP contribution in [0.2, 0.25) is 0 Å². The molecule has 0 aliphatic heterocycles. The largest absolute Gasteiger partial charge is 0.311 e. The lowest BCUT2D eigenvalue weighted by Gasteiger charge is -2.23. The Morgan fingerprint density at radius 2 is 2.06 bits per heavy atom. The molecule has 0 unspecified atom stereocenters. The first kappa shape index (κ1) is 13.6. The van der Waals surface area contributed by atoms with Crippen LogP contribution >= 0.6 is 0 Å². The smallest absolute Gasteiger partial charge is 0.0625 e. The number of nitrogens with one attached hydrogen (secondary N) is 1. The van der Waals surface area contributed by atoms with Gasteiger partial charge in [-0.05, 0) is 37.7 Å². The number of aromatic nitrogens is 2. The van der Waals surface area contributed by atoms with Gasteiger partial charge < -0.3 is 5.32 Å². The maximum atomic E-state index is 4.59. The Balaban J connectivity index is 1.87. The second kappa shape index (κ2) is 5.87. The third kappa shape index (κ3) is 3.14. The van der Waals surface area contributed by atoms with E-state index in [9.17, 15) is 0 Å². The van der Waals surface area contributed by atoms with Crippen molar-refractivity contribution in [2.75, 3.05) is 6.54 Å². The molecule has 0 saturated heterocycles. The molecule has 0 atom stereocenters. The highest BCUT2D eigenvalue weighted by Gasteiger charge is 2.27. The Morgan fingerprint density at radius 3 is 2.67 bits per heavy atom. The maximum absolute atomic E-state index is 4.59. The van der Waals surface area contributed by atoms with E-state index in [0.29, 0.717) is 5.41 Å². The van der Waals surface area contributed by atoms with Crippen LogP contribution in [0.4, 0.5) is 0 Å². The molecule has 1 aliphatic rings. The second-order valence-electron chi connectivity index (χ2n) is 5.92. The molecule has 1 fully saturated rings. The molecule has 0 aromatic carbocycles. The molecule has 102 valence electrons. The zero-order valence-corrected chi connectivity index (χ0v) is 12.1. The first-order valence-corrected chi connectivity index (χ1v) is 7.43. The van der Waals surface area contributed by atoms with Gasteiger partial charge >= 0.3 is 0 Å². The third-order valence-corrected chi connectivity index (χ3v) is 4.24. The molecule has 1 N–H and O–H groups in total. The molecule has 1 aromatic heterocycles. The maximum Gasteiger partial charge on any atom is 0.0625 e. The van der Waals surface area contributed by atoms with E-state index in [1.807, 2.05) is 0 Å². The fourth-order valence-electron chi connectivity index (χ4n) is 3.00. The van der Waals surface area contributed by atoms with Crippen molar-refractivity contribution < 1.29 is 0 Å². The fraction of sp³-hybridized carbons (Fsp3) is 0.800. The molecule has 0 bridgehead atoms.